The van der Waals surface area contributed by atoms with Gasteiger partial charge in [0, 0.05) is 25.7 Å². The maximum absolute atomic E-state index is 12.6. The van der Waals surface area contributed by atoms with Crippen LogP contribution in [-0.4, -0.2) is 38.9 Å². The quantitative estimate of drug-likeness (QED) is 0.515. The Balaban J connectivity index is 2.16. The molecule has 2 aromatic carbocycles. The molecule has 140 valence electrons. The Labute approximate surface area is 152 Å². The van der Waals surface area contributed by atoms with E-state index >= 15 is 0 Å². The number of sulfonamides is 1. The summed E-state index contributed by atoms with van der Waals surface area (Å²) in [5.74, 6) is 0.742. The van der Waals surface area contributed by atoms with Crippen LogP contribution in [0, 0.1) is 10.1 Å². The van der Waals surface area contributed by atoms with Crippen LogP contribution in [0.3, 0.4) is 0 Å². The van der Waals surface area contributed by atoms with Gasteiger partial charge in [0.15, 0.2) is 11.5 Å². The van der Waals surface area contributed by atoms with E-state index in [2.05, 4.69) is 0 Å². The van der Waals surface area contributed by atoms with Crippen LogP contribution in [0.15, 0.2) is 42.5 Å². The van der Waals surface area contributed by atoms with Crippen LogP contribution in [0.5, 0.6) is 11.5 Å². The summed E-state index contributed by atoms with van der Waals surface area (Å²) in [5.41, 5.74) is 0.950. The first-order chi connectivity index (χ1) is 12.3. The fourth-order valence-corrected chi connectivity index (χ4v) is 3.58. The third kappa shape index (κ3) is 4.70. The van der Waals surface area contributed by atoms with Gasteiger partial charge < -0.3 is 9.47 Å². The number of hydrogen-bond acceptors (Lipinski definition) is 6. The van der Waals surface area contributed by atoms with Gasteiger partial charge >= 0.3 is 0 Å². The van der Waals surface area contributed by atoms with Crippen molar-refractivity contribution in [1.29, 1.82) is 0 Å². The summed E-state index contributed by atoms with van der Waals surface area (Å²) in [6.45, 7) is 0.137. The second-order valence-corrected chi connectivity index (χ2v) is 7.70. The monoisotopic (exact) mass is 380 g/mol. The minimum absolute atomic E-state index is 0.137. The molecule has 0 aliphatic carbocycles. The largest absolute Gasteiger partial charge is 0.493 e. The number of nitrogens with zero attached hydrogens (tertiary/aromatic N) is 2. The van der Waals surface area contributed by atoms with Crippen LogP contribution in [0.4, 0.5) is 5.69 Å². The summed E-state index contributed by atoms with van der Waals surface area (Å²) in [7, 11) is 0.836. The normalized spacial score (nSPS) is 11.4. The van der Waals surface area contributed by atoms with Crippen LogP contribution in [-0.2, 0) is 22.3 Å². The van der Waals surface area contributed by atoms with Crippen molar-refractivity contribution in [3.05, 3.63) is 63.7 Å². The number of non-ortho nitro benzene ring substituents is 1. The first kappa shape index (κ1) is 19.7. The Morgan fingerprint density at radius 3 is 2.35 bits per heavy atom. The Morgan fingerprint density at radius 2 is 1.73 bits per heavy atom. The van der Waals surface area contributed by atoms with Gasteiger partial charge in [-0.1, -0.05) is 18.2 Å². The highest BCUT2D eigenvalue weighted by Crippen LogP contribution is 2.28. The molecule has 0 aromatic heterocycles. The lowest BCUT2D eigenvalue weighted by molar-refractivity contribution is -0.384. The summed E-state index contributed by atoms with van der Waals surface area (Å²) >= 11 is 0. The lowest BCUT2D eigenvalue weighted by atomic mass is 10.2. The van der Waals surface area contributed by atoms with Gasteiger partial charge in [-0.3, -0.25) is 10.1 Å². The zero-order valence-electron chi connectivity index (χ0n) is 14.7. The molecule has 0 N–H and O–H groups in total. The fourth-order valence-electron chi connectivity index (χ4n) is 2.42. The molecule has 0 saturated carbocycles. The molecule has 0 heterocycles. The first-order valence-corrected chi connectivity index (χ1v) is 9.26. The molecule has 0 amide bonds. The molecule has 0 spiro atoms. The number of rotatable bonds is 8. The Kier molecular flexibility index (Phi) is 6.17. The minimum atomic E-state index is -3.65. The van der Waals surface area contributed by atoms with E-state index in [1.807, 2.05) is 0 Å². The highest BCUT2D eigenvalue weighted by molar-refractivity contribution is 7.88. The smallest absolute Gasteiger partial charge is 0.269 e. The van der Waals surface area contributed by atoms with E-state index in [1.54, 1.807) is 24.3 Å². The second-order valence-electron chi connectivity index (χ2n) is 5.63. The predicted molar refractivity (Wildman–Crippen MR) is 96.7 cm³/mol. The zero-order chi connectivity index (χ0) is 19.3. The van der Waals surface area contributed by atoms with Crippen molar-refractivity contribution < 1.29 is 22.8 Å². The van der Waals surface area contributed by atoms with E-state index < -0.39 is 14.9 Å². The summed E-state index contributed by atoms with van der Waals surface area (Å²) in [6.07, 6.45) is 0. The molecular weight excluding hydrogens is 360 g/mol. The van der Waals surface area contributed by atoms with E-state index in [0.717, 1.165) is 5.56 Å². The number of ether oxygens (including phenoxy) is 2. The first-order valence-electron chi connectivity index (χ1n) is 7.65. The van der Waals surface area contributed by atoms with E-state index in [0.29, 0.717) is 17.1 Å². The topological polar surface area (TPSA) is 99.0 Å². The molecule has 0 saturated heterocycles. The van der Waals surface area contributed by atoms with Crippen LogP contribution in [0.25, 0.3) is 0 Å². The fraction of sp³-hybridized carbons (Fsp3) is 0.294. The number of nitro groups is 1. The van der Waals surface area contributed by atoms with Gasteiger partial charge in [0.25, 0.3) is 5.69 Å². The summed E-state index contributed by atoms with van der Waals surface area (Å²) in [5, 5.41) is 10.8. The van der Waals surface area contributed by atoms with Crippen molar-refractivity contribution in [2.24, 2.45) is 0 Å². The van der Waals surface area contributed by atoms with Crippen LogP contribution < -0.4 is 9.47 Å². The van der Waals surface area contributed by atoms with Crippen molar-refractivity contribution in [2.75, 3.05) is 21.3 Å². The minimum Gasteiger partial charge on any atom is -0.493 e. The van der Waals surface area contributed by atoms with Gasteiger partial charge in [-0.25, -0.2) is 12.7 Å². The SMILES string of the molecule is COc1ccc(CN(C)S(=O)(=O)Cc2cccc([N+](=O)[O-])c2)cc1OC. The summed E-state index contributed by atoms with van der Waals surface area (Å²) in [6, 6.07) is 10.8. The Morgan fingerprint density at radius 1 is 1.04 bits per heavy atom. The summed E-state index contributed by atoms with van der Waals surface area (Å²) < 4.78 is 36.7. The molecule has 9 heteroatoms. The van der Waals surface area contributed by atoms with Crippen molar-refractivity contribution >= 4 is 15.7 Å². The summed E-state index contributed by atoms with van der Waals surface area (Å²) in [4.78, 5) is 10.3. The van der Waals surface area contributed by atoms with Gasteiger partial charge in [-0.15, -0.1) is 0 Å². The molecule has 0 aliphatic rings. The maximum atomic E-state index is 12.6. The molecule has 0 unspecified atom stereocenters. The average molecular weight is 380 g/mol. The van der Waals surface area contributed by atoms with Crippen LogP contribution in [0.2, 0.25) is 0 Å². The molecule has 2 rings (SSSR count). The molecule has 2 aromatic rings. The lowest BCUT2D eigenvalue weighted by Gasteiger charge is -2.18. The van der Waals surface area contributed by atoms with Gasteiger partial charge in [-0.05, 0) is 23.3 Å². The van der Waals surface area contributed by atoms with Crippen molar-refractivity contribution in [3.63, 3.8) is 0 Å². The van der Waals surface area contributed by atoms with Crippen molar-refractivity contribution in [1.82, 2.24) is 4.31 Å². The third-order valence-corrected chi connectivity index (χ3v) is 5.58. The highest BCUT2D eigenvalue weighted by Gasteiger charge is 2.20. The molecule has 26 heavy (non-hydrogen) atoms. The zero-order valence-corrected chi connectivity index (χ0v) is 15.5. The van der Waals surface area contributed by atoms with Gasteiger partial charge in [0.2, 0.25) is 10.0 Å². The lowest BCUT2D eigenvalue weighted by Crippen LogP contribution is -2.27. The van der Waals surface area contributed by atoms with Crippen molar-refractivity contribution in [2.45, 2.75) is 12.3 Å². The molecule has 0 aliphatic heterocycles. The third-order valence-electron chi connectivity index (χ3n) is 3.80. The number of hydrogen-bond donors (Lipinski definition) is 0. The van der Waals surface area contributed by atoms with Gasteiger partial charge in [-0.2, -0.15) is 0 Å². The second kappa shape index (κ2) is 8.15. The molecule has 8 nitrogen and oxygen atoms in total. The van der Waals surface area contributed by atoms with E-state index in [9.17, 15) is 18.5 Å². The molecule has 0 bridgehead atoms. The molecule has 0 fully saturated rings. The Bertz CT molecular complexity index is 898. The number of methoxy groups -OCH3 is 2. The predicted octanol–water partition coefficient (Wildman–Crippen LogP) is 2.57. The maximum Gasteiger partial charge on any atom is 0.269 e. The number of benzene rings is 2. The highest BCUT2D eigenvalue weighted by atomic mass is 32.2. The van der Waals surface area contributed by atoms with Gasteiger partial charge in [0.05, 0.1) is 24.9 Å². The van der Waals surface area contributed by atoms with E-state index in [1.165, 1.54) is 43.8 Å². The molecule has 0 radical (unpaired) electrons. The standard InChI is InChI=1S/C17H20N2O6S/c1-18(11-13-7-8-16(24-2)17(10-13)25-3)26(22,23)12-14-5-4-6-15(9-14)19(20)21/h4-10H,11-12H2,1-3H3. The molecule has 0 atom stereocenters. The van der Waals surface area contributed by atoms with Crippen LogP contribution in [0.1, 0.15) is 11.1 Å². The van der Waals surface area contributed by atoms with Crippen molar-refractivity contribution in [3.8, 4) is 11.5 Å². The Hall–Kier alpha value is -2.65. The molecular formula is C17H20N2O6S. The van der Waals surface area contributed by atoms with E-state index in [4.69, 9.17) is 9.47 Å². The van der Waals surface area contributed by atoms with E-state index in [-0.39, 0.29) is 18.0 Å². The average Bonchev–Trinajstić information content (AvgIpc) is 2.61. The number of nitro benzene ring substituents is 1. The van der Waals surface area contributed by atoms with Gasteiger partial charge in [0.1, 0.15) is 0 Å². The van der Waals surface area contributed by atoms with Crippen LogP contribution >= 0.6 is 0 Å².